The molecule has 186 valence electrons. The summed E-state index contributed by atoms with van der Waals surface area (Å²) in [4.78, 5) is 25.4. The monoisotopic (exact) mass is 472 g/mol. The quantitative estimate of drug-likeness (QED) is 0.494. The van der Waals surface area contributed by atoms with Crippen LogP contribution in [-0.4, -0.2) is 67.0 Å². The Labute approximate surface area is 201 Å². The van der Waals surface area contributed by atoms with E-state index in [1.54, 1.807) is 37.3 Å². The van der Waals surface area contributed by atoms with Gasteiger partial charge in [0.25, 0.3) is 0 Å². The summed E-state index contributed by atoms with van der Waals surface area (Å²) in [5, 5.41) is 27.9. The molecule has 0 aromatic heterocycles. The molecule has 1 aromatic carbocycles. The maximum atomic E-state index is 13.0. The van der Waals surface area contributed by atoms with Gasteiger partial charge in [0.1, 0.15) is 23.5 Å². The number of aliphatic hydroxyl groups is 1. The number of carbonyl (C=O) groups excluding carboxylic acids is 2. The van der Waals surface area contributed by atoms with Crippen LogP contribution in [0.25, 0.3) is 6.08 Å². The highest BCUT2D eigenvalue weighted by atomic mass is 16.5. The van der Waals surface area contributed by atoms with E-state index in [0.29, 0.717) is 17.2 Å². The molecule has 4 N–H and O–H groups in total. The van der Waals surface area contributed by atoms with Crippen molar-refractivity contribution in [3.8, 4) is 5.75 Å². The van der Waals surface area contributed by atoms with Crippen molar-refractivity contribution >= 4 is 23.5 Å². The Bertz CT molecular complexity index is 922. The van der Waals surface area contributed by atoms with Gasteiger partial charge >= 0.3 is 5.97 Å². The number of phenolic OH excluding ortho intramolecular Hbond substituents is 1. The van der Waals surface area contributed by atoms with E-state index in [1.165, 1.54) is 13.2 Å². The Morgan fingerprint density at radius 2 is 1.91 bits per heavy atom. The molecule has 1 fully saturated rings. The highest BCUT2D eigenvalue weighted by Crippen LogP contribution is 2.30. The number of methoxy groups -OCH3 is 1. The van der Waals surface area contributed by atoms with Crippen LogP contribution < -0.4 is 10.6 Å². The summed E-state index contributed by atoms with van der Waals surface area (Å²) in [7, 11) is 1.44. The smallest absolute Gasteiger partial charge is 0.342 e. The molecule has 8 nitrogen and oxygen atoms in total. The fourth-order valence-electron chi connectivity index (χ4n) is 4.16. The molecule has 0 spiro atoms. The fraction of sp³-hybridized carbons (Fsp3) is 0.538. The maximum Gasteiger partial charge on any atom is 0.342 e. The Hall–Kier alpha value is -2.68. The van der Waals surface area contributed by atoms with Gasteiger partial charge in [0.05, 0.1) is 6.10 Å². The van der Waals surface area contributed by atoms with Crippen molar-refractivity contribution in [3.63, 3.8) is 0 Å². The molecule has 2 heterocycles. The molecular formula is C26H36N2O6. The lowest BCUT2D eigenvalue weighted by atomic mass is 9.97. The van der Waals surface area contributed by atoms with E-state index in [4.69, 9.17) is 9.47 Å². The molecule has 1 saturated heterocycles. The Morgan fingerprint density at radius 3 is 2.62 bits per heavy atom. The summed E-state index contributed by atoms with van der Waals surface area (Å²) in [5.41, 5.74) is 1.27. The van der Waals surface area contributed by atoms with Crippen LogP contribution in [0.1, 0.15) is 49.0 Å². The number of anilines is 1. The number of aromatic hydroxyl groups is 1. The molecule has 0 radical (unpaired) electrons. The van der Waals surface area contributed by atoms with Crippen LogP contribution in [0.15, 0.2) is 30.4 Å². The normalized spacial score (nSPS) is 28.9. The average molecular weight is 473 g/mol. The van der Waals surface area contributed by atoms with Gasteiger partial charge in [-0.2, -0.15) is 0 Å². The second kappa shape index (κ2) is 12.1. The molecular weight excluding hydrogens is 436 g/mol. The minimum atomic E-state index is -1.32. The van der Waals surface area contributed by atoms with Gasteiger partial charge in [0, 0.05) is 31.3 Å². The number of esters is 1. The van der Waals surface area contributed by atoms with E-state index in [2.05, 4.69) is 10.6 Å². The molecule has 4 atom stereocenters. The van der Waals surface area contributed by atoms with E-state index in [9.17, 15) is 19.8 Å². The maximum absolute atomic E-state index is 13.0. The van der Waals surface area contributed by atoms with E-state index in [0.717, 1.165) is 32.5 Å². The molecule has 0 bridgehead atoms. The number of nitrogens with one attached hydrogen (secondary N) is 2. The van der Waals surface area contributed by atoms with E-state index in [1.807, 2.05) is 6.92 Å². The third-order valence-electron chi connectivity index (χ3n) is 6.62. The topological polar surface area (TPSA) is 117 Å². The highest BCUT2D eigenvalue weighted by Gasteiger charge is 2.26. The first-order valence-corrected chi connectivity index (χ1v) is 11.9. The van der Waals surface area contributed by atoms with Gasteiger partial charge < -0.3 is 30.3 Å². The second-order valence-electron chi connectivity index (χ2n) is 9.12. The molecule has 0 saturated carbocycles. The predicted molar refractivity (Wildman–Crippen MR) is 131 cm³/mol. The highest BCUT2D eigenvalue weighted by molar-refractivity contribution is 5.97. The lowest BCUT2D eigenvalue weighted by molar-refractivity contribution is -0.129. The number of phenols is 1. The number of ether oxygens (including phenoxy) is 2. The average Bonchev–Trinajstić information content (AvgIpc) is 2.83. The molecule has 34 heavy (non-hydrogen) atoms. The van der Waals surface area contributed by atoms with Gasteiger partial charge in [-0.1, -0.05) is 25.2 Å². The van der Waals surface area contributed by atoms with Gasteiger partial charge in [0.2, 0.25) is 0 Å². The number of aliphatic hydroxyl groups excluding tert-OH is 1. The van der Waals surface area contributed by atoms with Gasteiger partial charge in [-0.3, -0.25) is 4.79 Å². The Kier molecular flexibility index (Phi) is 9.27. The van der Waals surface area contributed by atoms with Crippen molar-refractivity contribution in [1.82, 2.24) is 5.32 Å². The van der Waals surface area contributed by atoms with Gasteiger partial charge in [0.15, 0.2) is 5.78 Å². The zero-order valence-electron chi connectivity index (χ0n) is 20.1. The Morgan fingerprint density at radius 1 is 1.18 bits per heavy atom. The molecule has 0 amide bonds. The van der Waals surface area contributed by atoms with E-state index in [-0.39, 0.29) is 23.7 Å². The first kappa shape index (κ1) is 25.9. The summed E-state index contributed by atoms with van der Waals surface area (Å²) in [5.74, 6) is -1.02. The number of rotatable bonds is 4. The minimum Gasteiger partial charge on any atom is -0.507 e. The third kappa shape index (κ3) is 6.68. The van der Waals surface area contributed by atoms with Crippen LogP contribution >= 0.6 is 0 Å². The minimum absolute atomic E-state index is 0.0781. The number of ketones is 1. The number of benzene rings is 1. The van der Waals surface area contributed by atoms with Crippen LogP contribution in [0.4, 0.5) is 5.69 Å². The molecule has 3 rings (SSSR count). The Balaban J connectivity index is 1.92. The van der Waals surface area contributed by atoms with Gasteiger partial charge in [-0.15, -0.1) is 0 Å². The summed E-state index contributed by atoms with van der Waals surface area (Å²) in [6.45, 7) is 6.30. The standard InChI is InChI=1S/C26H36N2O6/c1-16-7-8-21(29)25(31)23(33-3)6-4-5-19-13-20(28-15-18-9-11-27-12-10-18)14-22(30)24(19)26(32)34-17(16)2/h4-5,7-8,13-14,16-18,23,25,27-28,30-31H,6,9-12,15H2,1-3H3/b5-4+,8-7-/t16-,17+,23+,25-/m1/s1. The van der Waals surface area contributed by atoms with Crippen molar-refractivity contribution in [2.45, 2.75) is 51.4 Å². The first-order valence-electron chi connectivity index (χ1n) is 11.9. The molecule has 8 heteroatoms. The van der Waals surface area contributed by atoms with Gasteiger partial charge in [-0.05, 0) is 62.9 Å². The number of cyclic esters (lactones) is 1. The summed E-state index contributed by atoms with van der Waals surface area (Å²) >= 11 is 0. The fourth-order valence-corrected chi connectivity index (χ4v) is 4.16. The van der Waals surface area contributed by atoms with E-state index >= 15 is 0 Å². The third-order valence-corrected chi connectivity index (χ3v) is 6.62. The van der Waals surface area contributed by atoms with E-state index < -0.39 is 30.1 Å². The van der Waals surface area contributed by atoms with Crippen LogP contribution in [0.2, 0.25) is 0 Å². The summed E-state index contributed by atoms with van der Waals surface area (Å²) in [6.07, 6.45) is 6.10. The number of hydrogen-bond acceptors (Lipinski definition) is 8. The van der Waals surface area contributed by atoms with Crippen LogP contribution in [0.5, 0.6) is 5.75 Å². The van der Waals surface area contributed by atoms with Crippen molar-refractivity contribution in [1.29, 1.82) is 0 Å². The summed E-state index contributed by atoms with van der Waals surface area (Å²) < 4.78 is 10.9. The van der Waals surface area contributed by atoms with Crippen molar-refractivity contribution in [2.24, 2.45) is 11.8 Å². The molecule has 2 aliphatic heterocycles. The van der Waals surface area contributed by atoms with Crippen LogP contribution in [0, 0.1) is 11.8 Å². The molecule has 1 aromatic rings. The number of carbonyl (C=O) groups is 2. The lowest BCUT2D eigenvalue weighted by Crippen LogP contribution is -2.34. The lowest BCUT2D eigenvalue weighted by Gasteiger charge is -2.24. The zero-order valence-corrected chi connectivity index (χ0v) is 20.1. The van der Waals surface area contributed by atoms with Gasteiger partial charge in [-0.25, -0.2) is 4.79 Å². The van der Waals surface area contributed by atoms with Crippen LogP contribution in [0.3, 0.4) is 0 Å². The van der Waals surface area contributed by atoms with Crippen molar-refractivity contribution in [2.75, 3.05) is 32.1 Å². The molecule has 2 aliphatic rings. The zero-order chi connectivity index (χ0) is 24.7. The molecule has 0 unspecified atom stereocenters. The number of piperidine rings is 1. The molecule has 0 aliphatic carbocycles. The predicted octanol–water partition coefficient (Wildman–Crippen LogP) is 2.90. The van der Waals surface area contributed by atoms with Crippen LogP contribution in [-0.2, 0) is 14.3 Å². The second-order valence-corrected chi connectivity index (χ2v) is 9.12. The largest absolute Gasteiger partial charge is 0.507 e. The summed E-state index contributed by atoms with van der Waals surface area (Å²) in [6, 6.07) is 3.35. The number of hydrogen-bond donors (Lipinski definition) is 4. The SMILES string of the molecule is CO[C@H]1C/C=C/c2cc(NCC3CCNCC3)cc(O)c2C(=O)O[C@@H](C)[C@H](C)/C=C\C(=O)[C@H]1O. The van der Waals surface area contributed by atoms with Crippen molar-refractivity contribution < 1.29 is 29.3 Å². The van der Waals surface area contributed by atoms with Crippen molar-refractivity contribution in [3.05, 3.63) is 41.5 Å². The number of fused-ring (bicyclic) bond motifs is 1. The first-order chi connectivity index (χ1) is 16.3.